The highest BCUT2D eigenvalue weighted by Crippen LogP contribution is 2.28. The van der Waals surface area contributed by atoms with Crippen LogP contribution in [0.1, 0.15) is 22.3 Å². The number of hydrogen-bond donors (Lipinski definition) is 1. The van der Waals surface area contributed by atoms with Crippen molar-refractivity contribution >= 4 is 27.5 Å². The van der Waals surface area contributed by atoms with Gasteiger partial charge in [0, 0.05) is 20.0 Å². The molecular formula is C34H37N3O5S. The van der Waals surface area contributed by atoms with Gasteiger partial charge in [-0.1, -0.05) is 78.4 Å². The average Bonchev–Trinajstić information content (AvgIpc) is 3.02. The number of ether oxygens (including phenoxy) is 1. The van der Waals surface area contributed by atoms with Gasteiger partial charge in [0.1, 0.15) is 18.3 Å². The Hall–Kier alpha value is -4.63. The Bertz CT molecular complexity index is 1660. The van der Waals surface area contributed by atoms with Gasteiger partial charge in [0.15, 0.2) is 0 Å². The van der Waals surface area contributed by atoms with Gasteiger partial charge in [-0.3, -0.25) is 13.9 Å². The number of rotatable bonds is 12. The first-order valence-electron chi connectivity index (χ1n) is 14.0. The number of benzene rings is 4. The van der Waals surface area contributed by atoms with Crippen molar-refractivity contribution in [1.29, 1.82) is 0 Å². The van der Waals surface area contributed by atoms with E-state index in [0.717, 1.165) is 21.0 Å². The van der Waals surface area contributed by atoms with E-state index in [9.17, 15) is 18.0 Å². The van der Waals surface area contributed by atoms with E-state index in [0.29, 0.717) is 17.0 Å². The summed E-state index contributed by atoms with van der Waals surface area (Å²) in [5, 5.41) is 2.70. The molecule has 0 saturated heterocycles. The van der Waals surface area contributed by atoms with Crippen molar-refractivity contribution in [2.24, 2.45) is 0 Å². The van der Waals surface area contributed by atoms with Gasteiger partial charge >= 0.3 is 0 Å². The number of carbonyl (C=O) groups excluding carboxylic acids is 2. The van der Waals surface area contributed by atoms with Gasteiger partial charge in [-0.15, -0.1) is 0 Å². The molecule has 9 heteroatoms. The summed E-state index contributed by atoms with van der Waals surface area (Å²) in [5.74, 6) is -0.275. The molecule has 1 N–H and O–H groups in total. The van der Waals surface area contributed by atoms with Gasteiger partial charge in [0.2, 0.25) is 11.8 Å². The maximum Gasteiger partial charge on any atom is 0.264 e. The lowest BCUT2D eigenvalue weighted by molar-refractivity contribution is -0.139. The van der Waals surface area contributed by atoms with Crippen LogP contribution >= 0.6 is 0 Å². The summed E-state index contributed by atoms with van der Waals surface area (Å²) in [4.78, 5) is 29.3. The van der Waals surface area contributed by atoms with Gasteiger partial charge in [0.05, 0.1) is 17.7 Å². The van der Waals surface area contributed by atoms with Crippen LogP contribution in [0.4, 0.5) is 5.69 Å². The van der Waals surface area contributed by atoms with Crippen LogP contribution in [0.2, 0.25) is 0 Å². The van der Waals surface area contributed by atoms with Crippen molar-refractivity contribution in [2.45, 2.75) is 37.8 Å². The Morgan fingerprint density at radius 1 is 0.837 bits per heavy atom. The standard InChI is InChI=1S/C34H37N3O5S/c1-25-17-19-30(20-18-25)43(40,41)37(31-16-9-8-11-26(31)2)24-33(38)36(23-28-14-10-15-29(21-28)42-4)32(34(39)35-3)22-27-12-6-5-7-13-27/h5-21,32H,22-24H2,1-4H3,(H,35,39)/t32-/m0/s1. The summed E-state index contributed by atoms with van der Waals surface area (Å²) in [6, 6.07) is 29.3. The molecule has 224 valence electrons. The zero-order chi connectivity index (χ0) is 31.0. The normalized spacial score (nSPS) is 11.8. The van der Waals surface area contributed by atoms with Crippen molar-refractivity contribution in [2.75, 3.05) is 25.0 Å². The predicted molar refractivity (Wildman–Crippen MR) is 168 cm³/mol. The van der Waals surface area contributed by atoms with Gasteiger partial charge in [0.25, 0.3) is 10.0 Å². The fourth-order valence-electron chi connectivity index (χ4n) is 4.88. The summed E-state index contributed by atoms with van der Waals surface area (Å²) in [6.45, 7) is 3.23. The highest BCUT2D eigenvalue weighted by atomic mass is 32.2. The molecule has 0 spiro atoms. The van der Waals surface area contributed by atoms with Crippen molar-refractivity contribution in [3.8, 4) is 5.75 Å². The lowest BCUT2D eigenvalue weighted by Crippen LogP contribution is -2.53. The monoisotopic (exact) mass is 599 g/mol. The van der Waals surface area contributed by atoms with E-state index in [4.69, 9.17) is 4.74 Å². The summed E-state index contributed by atoms with van der Waals surface area (Å²) < 4.78 is 34.7. The van der Waals surface area contributed by atoms with Gasteiger partial charge in [-0.2, -0.15) is 0 Å². The van der Waals surface area contributed by atoms with E-state index in [1.165, 1.54) is 24.1 Å². The molecule has 0 heterocycles. The number of nitrogens with one attached hydrogen (secondary N) is 1. The smallest absolute Gasteiger partial charge is 0.264 e. The van der Waals surface area contributed by atoms with E-state index in [1.54, 1.807) is 56.5 Å². The zero-order valence-corrected chi connectivity index (χ0v) is 25.7. The molecule has 0 aliphatic carbocycles. The van der Waals surface area contributed by atoms with E-state index in [1.807, 2.05) is 55.5 Å². The maximum atomic E-state index is 14.4. The average molecular weight is 600 g/mol. The number of anilines is 1. The van der Waals surface area contributed by atoms with Crippen molar-refractivity contribution in [3.63, 3.8) is 0 Å². The molecule has 0 aromatic heterocycles. The minimum Gasteiger partial charge on any atom is -0.497 e. The van der Waals surface area contributed by atoms with Gasteiger partial charge < -0.3 is 15.0 Å². The molecular weight excluding hydrogens is 562 g/mol. The third-order valence-corrected chi connectivity index (χ3v) is 9.05. The minimum atomic E-state index is -4.15. The summed E-state index contributed by atoms with van der Waals surface area (Å²) in [6.07, 6.45) is 0.241. The molecule has 4 aromatic carbocycles. The number of carbonyl (C=O) groups is 2. The molecule has 0 saturated carbocycles. The third-order valence-electron chi connectivity index (χ3n) is 7.28. The molecule has 0 radical (unpaired) electrons. The van der Waals surface area contributed by atoms with Crippen LogP contribution in [0.3, 0.4) is 0 Å². The maximum absolute atomic E-state index is 14.4. The van der Waals surface area contributed by atoms with Crippen LogP contribution in [0.15, 0.2) is 108 Å². The lowest BCUT2D eigenvalue weighted by atomic mass is 10.0. The number of amides is 2. The number of sulfonamides is 1. The fraction of sp³-hybridized carbons (Fsp3) is 0.235. The SMILES string of the molecule is CNC(=O)[C@H](Cc1ccccc1)N(Cc1cccc(OC)c1)C(=O)CN(c1ccccc1C)S(=O)(=O)c1ccc(C)cc1. The minimum absolute atomic E-state index is 0.0626. The molecule has 0 fully saturated rings. The second-order valence-corrected chi connectivity index (χ2v) is 12.2. The van der Waals surface area contributed by atoms with E-state index < -0.39 is 28.5 Å². The lowest BCUT2D eigenvalue weighted by Gasteiger charge is -2.34. The van der Waals surface area contributed by atoms with Crippen LogP contribution in [0, 0.1) is 13.8 Å². The summed E-state index contributed by atoms with van der Waals surface area (Å²) >= 11 is 0. The Kier molecular flexibility index (Phi) is 10.2. The molecule has 1 atom stereocenters. The first kappa shape index (κ1) is 31.3. The highest BCUT2D eigenvalue weighted by Gasteiger charge is 2.34. The van der Waals surface area contributed by atoms with Crippen LogP contribution < -0.4 is 14.4 Å². The second kappa shape index (κ2) is 14.0. The Labute approximate surface area is 254 Å². The van der Waals surface area contributed by atoms with E-state index >= 15 is 0 Å². The van der Waals surface area contributed by atoms with Crippen molar-refractivity contribution in [1.82, 2.24) is 10.2 Å². The number of methoxy groups -OCH3 is 1. The quantitative estimate of drug-likeness (QED) is 0.250. The topological polar surface area (TPSA) is 96.0 Å². The largest absolute Gasteiger partial charge is 0.497 e. The van der Waals surface area contributed by atoms with Crippen LogP contribution in [0.5, 0.6) is 5.75 Å². The molecule has 4 rings (SSSR count). The Morgan fingerprint density at radius 3 is 2.14 bits per heavy atom. The second-order valence-electron chi connectivity index (χ2n) is 10.3. The number of hydrogen-bond acceptors (Lipinski definition) is 5. The van der Waals surface area contributed by atoms with Gasteiger partial charge in [-0.25, -0.2) is 8.42 Å². The first-order valence-corrected chi connectivity index (χ1v) is 15.4. The van der Waals surface area contributed by atoms with Crippen LogP contribution in [0.25, 0.3) is 0 Å². The molecule has 4 aromatic rings. The first-order chi connectivity index (χ1) is 20.6. The zero-order valence-electron chi connectivity index (χ0n) is 24.9. The van der Waals surface area contributed by atoms with Crippen LogP contribution in [-0.4, -0.2) is 51.9 Å². The van der Waals surface area contributed by atoms with Crippen molar-refractivity contribution in [3.05, 3.63) is 125 Å². The third kappa shape index (κ3) is 7.61. The molecule has 0 unspecified atom stereocenters. The predicted octanol–water partition coefficient (Wildman–Crippen LogP) is 4.89. The summed E-state index contributed by atoms with van der Waals surface area (Å²) in [5.41, 5.74) is 3.59. The van der Waals surface area contributed by atoms with E-state index in [2.05, 4.69) is 5.32 Å². The molecule has 8 nitrogen and oxygen atoms in total. The van der Waals surface area contributed by atoms with Crippen LogP contribution in [-0.2, 0) is 32.6 Å². The number of aryl methyl sites for hydroxylation is 2. The molecule has 0 bridgehead atoms. The van der Waals surface area contributed by atoms with E-state index in [-0.39, 0.29) is 23.8 Å². The number of likely N-dealkylation sites (N-methyl/N-ethyl adjacent to an activating group) is 1. The van der Waals surface area contributed by atoms with Crippen molar-refractivity contribution < 1.29 is 22.7 Å². The molecule has 43 heavy (non-hydrogen) atoms. The Morgan fingerprint density at radius 2 is 1.49 bits per heavy atom. The molecule has 2 amide bonds. The summed E-state index contributed by atoms with van der Waals surface area (Å²) in [7, 11) is -1.07. The Balaban J connectivity index is 1.80. The highest BCUT2D eigenvalue weighted by molar-refractivity contribution is 7.92. The fourth-order valence-corrected chi connectivity index (χ4v) is 6.36. The molecule has 0 aliphatic heterocycles. The number of para-hydroxylation sites is 1. The molecule has 0 aliphatic rings. The number of nitrogens with zero attached hydrogens (tertiary/aromatic N) is 2. The van der Waals surface area contributed by atoms with Gasteiger partial charge in [-0.05, 0) is 60.9 Å².